The average Bonchev–Trinajstić information content (AvgIpc) is 3.12. The Labute approximate surface area is 159 Å². The van der Waals surface area contributed by atoms with Crippen molar-refractivity contribution in [1.82, 2.24) is 5.32 Å². The van der Waals surface area contributed by atoms with E-state index in [1.807, 2.05) is 0 Å². The van der Waals surface area contributed by atoms with E-state index in [1.165, 1.54) is 48.5 Å². The molecule has 3 aromatic rings. The maximum Gasteiger partial charge on any atom is 0.261 e. The van der Waals surface area contributed by atoms with Gasteiger partial charge >= 0.3 is 0 Å². The Kier molecular flexibility index (Phi) is 5.41. The van der Waals surface area contributed by atoms with Crippen LogP contribution >= 0.6 is 22.9 Å². The van der Waals surface area contributed by atoms with Gasteiger partial charge in [-0.25, -0.2) is 12.8 Å². The topological polar surface area (TPSA) is 63.2 Å². The molecule has 4 nitrogen and oxygen atoms in total. The number of carbonyl (C=O) groups is 1. The summed E-state index contributed by atoms with van der Waals surface area (Å²) in [7, 11) is -3.70. The first kappa shape index (κ1) is 18.6. The normalized spacial score (nSPS) is 11.3. The lowest BCUT2D eigenvalue weighted by molar-refractivity contribution is 0.0955. The Morgan fingerprint density at radius 3 is 2.31 bits per heavy atom. The first-order valence-corrected chi connectivity index (χ1v) is 10.2. The summed E-state index contributed by atoms with van der Waals surface area (Å²) in [5.41, 5.74) is 0.741. The molecule has 2 aromatic carbocycles. The number of thiophene rings is 1. The van der Waals surface area contributed by atoms with E-state index in [2.05, 4.69) is 5.32 Å². The van der Waals surface area contributed by atoms with Gasteiger partial charge in [-0.05, 0) is 54.1 Å². The van der Waals surface area contributed by atoms with E-state index in [9.17, 15) is 17.6 Å². The standard InChI is InChI=1S/C18H13ClFNO3S2/c19-13-3-7-15(8-4-13)26(23,24)17-10-9-16(25-17)18(22)21-11-12-1-5-14(20)6-2-12/h1-10H,11H2,(H,21,22). The molecule has 134 valence electrons. The van der Waals surface area contributed by atoms with Crippen LogP contribution in [0.3, 0.4) is 0 Å². The van der Waals surface area contributed by atoms with Crippen LogP contribution in [0.5, 0.6) is 0 Å². The van der Waals surface area contributed by atoms with Crippen molar-refractivity contribution in [1.29, 1.82) is 0 Å². The molecule has 0 saturated carbocycles. The summed E-state index contributed by atoms with van der Waals surface area (Å²) >= 11 is 6.67. The summed E-state index contributed by atoms with van der Waals surface area (Å²) in [5, 5.41) is 3.12. The number of halogens is 2. The molecule has 3 rings (SSSR count). The molecule has 0 radical (unpaired) electrons. The van der Waals surface area contributed by atoms with Crippen molar-refractivity contribution in [3.8, 4) is 0 Å². The monoisotopic (exact) mass is 409 g/mol. The molecule has 0 aliphatic rings. The predicted molar refractivity (Wildman–Crippen MR) is 98.8 cm³/mol. The molecule has 1 aromatic heterocycles. The summed E-state index contributed by atoms with van der Waals surface area (Å²) < 4.78 is 38.1. The second kappa shape index (κ2) is 7.57. The minimum atomic E-state index is -3.70. The van der Waals surface area contributed by atoms with Crippen LogP contribution in [0, 0.1) is 5.82 Å². The zero-order chi connectivity index (χ0) is 18.7. The van der Waals surface area contributed by atoms with Crippen molar-refractivity contribution < 1.29 is 17.6 Å². The Hall–Kier alpha value is -2.22. The molecule has 0 atom stereocenters. The van der Waals surface area contributed by atoms with Gasteiger partial charge < -0.3 is 5.32 Å². The van der Waals surface area contributed by atoms with Crippen LogP contribution in [-0.2, 0) is 16.4 Å². The number of nitrogens with one attached hydrogen (secondary N) is 1. The highest BCUT2D eigenvalue weighted by atomic mass is 35.5. The first-order chi connectivity index (χ1) is 12.4. The molecular weight excluding hydrogens is 397 g/mol. The van der Waals surface area contributed by atoms with Crippen molar-refractivity contribution in [2.24, 2.45) is 0 Å². The van der Waals surface area contributed by atoms with Gasteiger partial charge in [-0.15, -0.1) is 11.3 Å². The molecule has 0 aliphatic heterocycles. The van der Waals surface area contributed by atoms with Crippen molar-refractivity contribution in [3.63, 3.8) is 0 Å². The fraction of sp³-hybridized carbons (Fsp3) is 0.0556. The maximum atomic E-state index is 12.9. The minimum Gasteiger partial charge on any atom is -0.347 e. The first-order valence-electron chi connectivity index (χ1n) is 7.49. The fourth-order valence-corrected chi connectivity index (χ4v) is 4.94. The molecule has 26 heavy (non-hydrogen) atoms. The summed E-state index contributed by atoms with van der Waals surface area (Å²) in [6, 6.07) is 14.5. The van der Waals surface area contributed by atoms with Crippen LogP contribution < -0.4 is 5.32 Å². The zero-order valence-electron chi connectivity index (χ0n) is 13.3. The third-order valence-corrected chi connectivity index (χ3v) is 7.16. The van der Waals surface area contributed by atoms with Gasteiger partial charge in [-0.2, -0.15) is 0 Å². The van der Waals surface area contributed by atoms with Crippen molar-refractivity contribution in [3.05, 3.63) is 81.9 Å². The molecule has 0 bridgehead atoms. The van der Waals surface area contributed by atoms with E-state index in [1.54, 1.807) is 12.1 Å². The van der Waals surface area contributed by atoms with Crippen LogP contribution in [-0.4, -0.2) is 14.3 Å². The van der Waals surface area contributed by atoms with Gasteiger partial charge in [0.1, 0.15) is 10.0 Å². The SMILES string of the molecule is O=C(NCc1ccc(F)cc1)c1ccc(S(=O)(=O)c2ccc(Cl)cc2)s1. The molecule has 1 amide bonds. The maximum absolute atomic E-state index is 12.9. The Morgan fingerprint density at radius 2 is 1.65 bits per heavy atom. The van der Waals surface area contributed by atoms with Crippen LogP contribution in [0.4, 0.5) is 4.39 Å². The van der Waals surface area contributed by atoms with Crippen molar-refractivity contribution in [2.45, 2.75) is 15.6 Å². The number of sulfone groups is 1. The Bertz CT molecular complexity index is 1030. The molecule has 0 fully saturated rings. The van der Waals surface area contributed by atoms with Gasteiger partial charge in [0, 0.05) is 11.6 Å². The largest absolute Gasteiger partial charge is 0.347 e. The molecular formula is C18H13ClFNO3S2. The summed E-state index contributed by atoms with van der Waals surface area (Å²) in [6.45, 7) is 0.219. The van der Waals surface area contributed by atoms with E-state index in [4.69, 9.17) is 11.6 Å². The lowest BCUT2D eigenvalue weighted by Gasteiger charge is -2.04. The molecule has 0 aliphatic carbocycles. The summed E-state index contributed by atoms with van der Waals surface area (Å²) in [5.74, 6) is -0.743. The van der Waals surface area contributed by atoms with E-state index in [-0.39, 0.29) is 26.3 Å². The lowest BCUT2D eigenvalue weighted by atomic mass is 10.2. The summed E-state index contributed by atoms with van der Waals surface area (Å²) in [4.78, 5) is 12.6. The smallest absolute Gasteiger partial charge is 0.261 e. The van der Waals surface area contributed by atoms with Gasteiger partial charge in [0.05, 0.1) is 9.77 Å². The van der Waals surface area contributed by atoms with Crippen LogP contribution in [0.1, 0.15) is 15.2 Å². The Balaban J connectivity index is 1.73. The van der Waals surface area contributed by atoms with E-state index < -0.39 is 15.7 Å². The molecule has 1 heterocycles. The summed E-state index contributed by atoms with van der Waals surface area (Å²) in [6.07, 6.45) is 0. The highest BCUT2D eigenvalue weighted by Gasteiger charge is 2.21. The van der Waals surface area contributed by atoms with Gasteiger partial charge in [0.25, 0.3) is 5.91 Å². The molecule has 1 N–H and O–H groups in total. The highest BCUT2D eigenvalue weighted by Crippen LogP contribution is 2.28. The quantitative estimate of drug-likeness (QED) is 0.683. The Morgan fingerprint density at radius 1 is 1.00 bits per heavy atom. The molecule has 0 spiro atoms. The van der Waals surface area contributed by atoms with E-state index >= 15 is 0 Å². The van der Waals surface area contributed by atoms with Gasteiger partial charge in [0.2, 0.25) is 9.84 Å². The van der Waals surface area contributed by atoms with Crippen molar-refractivity contribution in [2.75, 3.05) is 0 Å². The number of carbonyl (C=O) groups excluding carboxylic acids is 1. The third kappa shape index (κ3) is 4.12. The fourth-order valence-electron chi connectivity index (χ4n) is 2.19. The molecule has 0 saturated heterocycles. The lowest BCUT2D eigenvalue weighted by Crippen LogP contribution is -2.21. The van der Waals surface area contributed by atoms with Crippen LogP contribution in [0.15, 0.2) is 69.8 Å². The molecule has 8 heteroatoms. The van der Waals surface area contributed by atoms with Gasteiger partial charge in [-0.1, -0.05) is 23.7 Å². The van der Waals surface area contributed by atoms with E-state index in [0.29, 0.717) is 5.02 Å². The third-order valence-electron chi connectivity index (χ3n) is 3.56. The number of hydrogen-bond donors (Lipinski definition) is 1. The number of rotatable bonds is 5. The van der Waals surface area contributed by atoms with Crippen LogP contribution in [0.2, 0.25) is 5.02 Å². The second-order valence-corrected chi connectivity index (χ2v) is 9.08. The van der Waals surface area contributed by atoms with Gasteiger partial charge in [0.15, 0.2) is 0 Å². The van der Waals surface area contributed by atoms with E-state index in [0.717, 1.165) is 16.9 Å². The molecule has 0 unspecified atom stereocenters. The minimum absolute atomic E-state index is 0.0757. The van der Waals surface area contributed by atoms with Crippen molar-refractivity contribution >= 4 is 38.7 Å². The second-order valence-electron chi connectivity index (χ2n) is 5.39. The van der Waals surface area contributed by atoms with Crippen LogP contribution in [0.25, 0.3) is 0 Å². The number of amides is 1. The number of benzene rings is 2. The zero-order valence-corrected chi connectivity index (χ0v) is 15.7. The highest BCUT2D eigenvalue weighted by molar-refractivity contribution is 7.93. The number of hydrogen-bond acceptors (Lipinski definition) is 4. The average molecular weight is 410 g/mol. The predicted octanol–water partition coefficient (Wildman–Crippen LogP) is 4.30. The van der Waals surface area contributed by atoms with Gasteiger partial charge in [-0.3, -0.25) is 4.79 Å².